The van der Waals surface area contributed by atoms with Crippen LogP contribution in [0.3, 0.4) is 0 Å². The summed E-state index contributed by atoms with van der Waals surface area (Å²) in [6, 6.07) is 4.02. The van der Waals surface area contributed by atoms with Crippen molar-refractivity contribution in [3.63, 3.8) is 0 Å². The number of carbonyl (C=O) groups excluding carboxylic acids is 2. The maximum absolute atomic E-state index is 12.3. The standard InChI is InChI=1S/C16H24N2O2S/c1-16(2,3)15(12-7-6-10-21-12)17-13(19)11-18-9-5-4-8-14(18)20/h6-7,10,15H,4-5,8-9,11H2,1-3H3,(H,17,19). The molecule has 0 saturated carbocycles. The lowest BCUT2D eigenvalue weighted by molar-refractivity contribution is -0.138. The average molecular weight is 308 g/mol. The van der Waals surface area contributed by atoms with Crippen LogP contribution in [0.15, 0.2) is 17.5 Å². The third kappa shape index (κ3) is 4.30. The van der Waals surface area contributed by atoms with Gasteiger partial charge in [0.2, 0.25) is 11.8 Å². The van der Waals surface area contributed by atoms with E-state index in [1.807, 2.05) is 17.5 Å². The van der Waals surface area contributed by atoms with Gasteiger partial charge in [0.05, 0.1) is 12.6 Å². The van der Waals surface area contributed by atoms with E-state index in [0.29, 0.717) is 13.0 Å². The molecule has 1 N–H and O–H groups in total. The van der Waals surface area contributed by atoms with Crippen LogP contribution in [0, 0.1) is 5.41 Å². The van der Waals surface area contributed by atoms with Crippen LogP contribution in [0.2, 0.25) is 0 Å². The number of piperidine rings is 1. The summed E-state index contributed by atoms with van der Waals surface area (Å²) in [6.07, 6.45) is 2.50. The van der Waals surface area contributed by atoms with E-state index in [1.54, 1.807) is 16.2 Å². The van der Waals surface area contributed by atoms with Crippen molar-refractivity contribution in [2.24, 2.45) is 5.41 Å². The molecule has 1 fully saturated rings. The van der Waals surface area contributed by atoms with Crippen LogP contribution < -0.4 is 5.32 Å². The van der Waals surface area contributed by atoms with Crippen molar-refractivity contribution in [3.05, 3.63) is 22.4 Å². The van der Waals surface area contributed by atoms with Crippen molar-refractivity contribution < 1.29 is 9.59 Å². The number of nitrogens with one attached hydrogen (secondary N) is 1. The predicted molar refractivity (Wildman–Crippen MR) is 85.1 cm³/mol. The Morgan fingerprint density at radius 2 is 2.19 bits per heavy atom. The van der Waals surface area contributed by atoms with Crippen LogP contribution in [0.4, 0.5) is 0 Å². The van der Waals surface area contributed by atoms with Gasteiger partial charge in [-0.15, -0.1) is 11.3 Å². The highest BCUT2D eigenvalue weighted by Crippen LogP contribution is 2.35. The molecule has 1 aromatic heterocycles. The van der Waals surface area contributed by atoms with Gasteiger partial charge in [0.1, 0.15) is 0 Å². The molecule has 0 spiro atoms. The molecule has 1 unspecified atom stereocenters. The molecule has 2 amide bonds. The monoisotopic (exact) mass is 308 g/mol. The van der Waals surface area contributed by atoms with Crippen molar-refractivity contribution >= 4 is 23.2 Å². The summed E-state index contributed by atoms with van der Waals surface area (Å²) >= 11 is 1.65. The van der Waals surface area contributed by atoms with Crippen LogP contribution in [0.1, 0.15) is 51.0 Å². The van der Waals surface area contributed by atoms with Crippen LogP contribution in [-0.2, 0) is 9.59 Å². The number of likely N-dealkylation sites (tertiary alicyclic amines) is 1. The molecule has 0 radical (unpaired) electrons. The molecule has 1 atom stereocenters. The summed E-state index contributed by atoms with van der Waals surface area (Å²) in [5.41, 5.74) is -0.0631. The number of nitrogens with zero attached hydrogens (tertiary/aromatic N) is 1. The fraction of sp³-hybridized carbons (Fsp3) is 0.625. The van der Waals surface area contributed by atoms with Gasteiger partial charge in [-0.05, 0) is 29.7 Å². The quantitative estimate of drug-likeness (QED) is 0.929. The van der Waals surface area contributed by atoms with Crippen molar-refractivity contribution in [2.75, 3.05) is 13.1 Å². The maximum atomic E-state index is 12.3. The van der Waals surface area contributed by atoms with E-state index < -0.39 is 0 Å². The second kappa shape index (κ2) is 6.60. The van der Waals surface area contributed by atoms with E-state index in [9.17, 15) is 9.59 Å². The fourth-order valence-corrected chi connectivity index (χ4v) is 3.60. The molecule has 0 bridgehead atoms. The molecule has 1 aromatic rings. The van der Waals surface area contributed by atoms with Crippen LogP contribution >= 0.6 is 11.3 Å². The van der Waals surface area contributed by atoms with E-state index in [-0.39, 0.29) is 29.8 Å². The number of rotatable bonds is 4. The first-order valence-electron chi connectivity index (χ1n) is 7.48. The zero-order valence-corrected chi connectivity index (χ0v) is 13.8. The second-order valence-electron chi connectivity index (χ2n) is 6.65. The third-order valence-corrected chi connectivity index (χ3v) is 4.69. The minimum Gasteiger partial charge on any atom is -0.346 e. The van der Waals surface area contributed by atoms with Crippen LogP contribution in [-0.4, -0.2) is 29.8 Å². The third-order valence-electron chi connectivity index (χ3n) is 3.75. The Bertz CT molecular complexity index is 491. The molecule has 4 nitrogen and oxygen atoms in total. The van der Waals surface area contributed by atoms with Crippen LogP contribution in [0.25, 0.3) is 0 Å². The van der Waals surface area contributed by atoms with Crippen molar-refractivity contribution in [3.8, 4) is 0 Å². The lowest BCUT2D eigenvalue weighted by Crippen LogP contribution is -2.45. The first-order valence-corrected chi connectivity index (χ1v) is 8.36. The highest BCUT2D eigenvalue weighted by molar-refractivity contribution is 7.10. The molecule has 1 aliphatic heterocycles. The van der Waals surface area contributed by atoms with Crippen LogP contribution in [0.5, 0.6) is 0 Å². The number of hydrogen-bond acceptors (Lipinski definition) is 3. The summed E-state index contributed by atoms with van der Waals surface area (Å²) in [7, 11) is 0. The van der Waals surface area contributed by atoms with Crippen molar-refractivity contribution in [2.45, 2.75) is 46.1 Å². The SMILES string of the molecule is CC(C)(C)C(NC(=O)CN1CCCCC1=O)c1cccs1. The van der Waals surface area contributed by atoms with Gasteiger partial charge in [-0.3, -0.25) is 9.59 Å². The Hall–Kier alpha value is -1.36. The fourth-order valence-electron chi connectivity index (χ4n) is 2.58. The zero-order valence-electron chi connectivity index (χ0n) is 13.0. The smallest absolute Gasteiger partial charge is 0.240 e. The van der Waals surface area contributed by atoms with Gasteiger partial charge in [0.25, 0.3) is 0 Å². The molecule has 0 aliphatic carbocycles. The van der Waals surface area contributed by atoms with E-state index in [1.165, 1.54) is 0 Å². The summed E-state index contributed by atoms with van der Waals surface area (Å²) in [4.78, 5) is 26.9. The van der Waals surface area contributed by atoms with E-state index >= 15 is 0 Å². The van der Waals surface area contributed by atoms with Gasteiger partial charge < -0.3 is 10.2 Å². The minimum absolute atomic E-state index is 0.0232. The Labute approximate surface area is 130 Å². The molecule has 5 heteroatoms. The molecular formula is C16H24N2O2S. The molecule has 0 aromatic carbocycles. The van der Waals surface area contributed by atoms with Gasteiger partial charge in [0.15, 0.2) is 0 Å². The van der Waals surface area contributed by atoms with Crippen molar-refractivity contribution in [1.29, 1.82) is 0 Å². The zero-order chi connectivity index (χ0) is 15.5. The first kappa shape index (κ1) is 16.0. The molecule has 2 heterocycles. The molecular weight excluding hydrogens is 284 g/mol. The lowest BCUT2D eigenvalue weighted by atomic mass is 9.85. The lowest BCUT2D eigenvalue weighted by Gasteiger charge is -2.32. The Morgan fingerprint density at radius 3 is 2.76 bits per heavy atom. The second-order valence-corrected chi connectivity index (χ2v) is 7.63. The van der Waals surface area contributed by atoms with Gasteiger partial charge >= 0.3 is 0 Å². The van der Waals surface area contributed by atoms with E-state index in [4.69, 9.17) is 0 Å². The molecule has 1 aliphatic rings. The normalized spacial score (nSPS) is 17.7. The predicted octanol–water partition coefficient (Wildman–Crippen LogP) is 2.96. The summed E-state index contributed by atoms with van der Waals surface area (Å²) in [6.45, 7) is 7.22. The van der Waals surface area contributed by atoms with Gasteiger partial charge in [0, 0.05) is 17.8 Å². The summed E-state index contributed by atoms with van der Waals surface area (Å²) < 4.78 is 0. The molecule has 1 saturated heterocycles. The maximum Gasteiger partial charge on any atom is 0.240 e. The number of hydrogen-bond donors (Lipinski definition) is 1. The topological polar surface area (TPSA) is 49.4 Å². The Morgan fingerprint density at radius 1 is 1.43 bits per heavy atom. The van der Waals surface area contributed by atoms with Crippen molar-refractivity contribution in [1.82, 2.24) is 10.2 Å². The summed E-state index contributed by atoms with van der Waals surface area (Å²) in [5.74, 6) is 0.0263. The average Bonchev–Trinajstić information content (AvgIpc) is 2.91. The molecule has 2 rings (SSSR count). The number of carbonyl (C=O) groups is 2. The minimum atomic E-state index is -0.0708. The number of thiophene rings is 1. The van der Waals surface area contributed by atoms with E-state index in [0.717, 1.165) is 17.7 Å². The summed E-state index contributed by atoms with van der Waals surface area (Å²) in [5, 5.41) is 5.13. The number of amides is 2. The Balaban J connectivity index is 2.00. The Kier molecular flexibility index (Phi) is 5.04. The largest absolute Gasteiger partial charge is 0.346 e. The highest BCUT2D eigenvalue weighted by Gasteiger charge is 2.29. The van der Waals surface area contributed by atoms with Gasteiger partial charge in [-0.2, -0.15) is 0 Å². The highest BCUT2D eigenvalue weighted by atomic mass is 32.1. The first-order chi connectivity index (χ1) is 9.88. The molecule has 21 heavy (non-hydrogen) atoms. The van der Waals surface area contributed by atoms with E-state index in [2.05, 4.69) is 26.1 Å². The molecule has 116 valence electrons. The van der Waals surface area contributed by atoms with Gasteiger partial charge in [-0.1, -0.05) is 26.8 Å². The van der Waals surface area contributed by atoms with Gasteiger partial charge in [-0.25, -0.2) is 0 Å².